The van der Waals surface area contributed by atoms with E-state index < -0.39 is 0 Å². The van der Waals surface area contributed by atoms with E-state index in [2.05, 4.69) is 45.3 Å². The Kier molecular flexibility index (Phi) is 3.12. The number of aryl methyl sites for hydroxylation is 2. The van der Waals surface area contributed by atoms with E-state index in [1.54, 1.807) is 0 Å². The highest BCUT2D eigenvalue weighted by atomic mass is 16.1. The van der Waals surface area contributed by atoms with E-state index in [1.165, 1.54) is 22.7 Å². The van der Waals surface area contributed by atoms with Gasteiger partial charge in [-0.05, 0) is 29.2 Å². The van der Waals surface area contributed by atoms with Crippen molar-refractivity contribution < 1.29 is 0 Å². The molecule has 0 aliphatic rings. The van der Waals surface area contributed by atoms with Crippen LogP contribution in [0.1, 0.15) is 11.1 Å². The second kappa shape index (κ2) is 5.28. The molecule has 0 unspecified atom stereocenters. The van der Waals surface area contributed by atoms with Gasteiger partial charge in [-0.3, -0.25) is 4.79 Å². The first-order valence-electron chi connectivity index (χ1n) is 7.54. The predicted molar refractivity (Wildman–Crippen MR) is 92.5 cm³/mol. The molecule has 2 aromatic heterocycles. The number of fused-ring (bicyclic) bond motifs is 2. The Hall–Kier alpha value is -3.08. The number of rotatable bonds is 3. The molecule has 4 N–H and O–H groups in total. The highest BCUT2D eigenvalue weighted by molar-refractivity contribution is 5.86. The molecular weight excluding hydrogens is 288 g/mol. The van der Waals surface area contributed by atoms with Crippen LogP contribution in [0.25, 0.3) is 21.8 Å². The molecule has 0 bridgehead atoms. The van der Waals surface area contributed by atoms with Gasteiger partial charge in [0.1, 0.15) is 16.9 Å². The maximum Gasteiger partial charge on any atom is 0.275 e. The SMILES string of the molecule is Nc1[nH]c(=O)c2[nH]cnc2c1CCc1cccc2ccccc12. The number of nitrogen functional groups attached to an aromatic ring is 1. The van der Waals surface area contributed by atoms with Crippen LogP contribution < -0.4 is 11.3 Å². The summed E-state index contributed by atoms with van der Waals surface area (Å²) in [6.45, 7) is 0. The second-order valence-corrected chi connectivity index (χ2v) is 5.61. The number of aromatic nitrogens is 3. The number of anilines is 1. The van der Waals surface area contributed by atoms with Crippen molar-refractivity contribution >= 4 is 27.6 Å². The highest BCUT2D eigenvalue weighted by Gasteiger charge is 2.12. The van der Waals surface area contributed by atoms with Crippen LogP contribution >= 0.6 is 0 Å². The summed E-state index contributed by atoms with van der Waals surface area (Å²) in [6.07, 6.45) is 3.08. The minimum absolute atomic E-state index is 0.232. The minimum Gasteiger partial charge on any atom is -0.385 e. The minimum atomic E-state index is -0.232. The van der Waals surface area contributed by atoms with E-state index in [1.807, 2.05) is 12.1 Å². The second-order valence-electron chi connectivity index (χ2n) is 5.61. The Labute approximate surface area is 132 Å². The number of nitrogens with two attached hydrogens (primary N) is 1. The van der Waals surface area contributed by atoms with Gasteiger partial charge < -0.3 is 15.7 Å². The van der Waals surface area contributed by atoms with Crippen molar-refractivity contribution in [3.8, 4) is 0 Å². The van der Waals surface area contributed by atoms with Crippen LogP contribution in [0.4, 0.5) is 5.82 Å². The van der Waals surface area contributed by atoms with Crippen LogP contribution in [-0.4, -0.2) is 15.0 Å². The van der Waals surface area contributed by atoms with Crippen molar-refractivity contribution in [2.24, 2.45) is 0 Å². The topological polar surface area (TPSA) is 87.6 Å². The Balaban J connectivity index is 1.74. The average molecular weight is 304 g/mol. The van der Waals surface area contributed by atoms with Gasteiger partial charge >= 0.3 is 0 Å². The van der Waals surface area contributed by atoms with Crippen LogP contribution in [0, 0.1) is 0 Å². The number of hydrogen-bond donors (Lipinski definition) is 3. The lowest BCUT2D eigenvalue weighted by Crippen LogP contribution is -2.13. The number of H-pyrrole nitrogens is 2. The fourth-order valence-corrected chi connectivity index (χ4v) is 3.11. The zero-order chi connectivity index (χ0) is 15.8. The Morgan fingerprint density at radius 2 is 1.87 bits per heavy atom. The molecule has 0 amide bonds. The van der Waals surface area contributed by atoms with Crippen LogP contribution in [-0.2, 0) is 12.8 Å². The van der Waals surface area contributed by atoms with Gasteiger partial charge in [0, 0.05) is 5.56 Å². The molecule has 0 saturated heterocycles. The molecular formula is C18H16N4O. The summed E-state index contributed by atoms with van der Waals surface area (Å²) >= 11 is 0. The third-order valence-corrected chi connectivity index (χ3v) is 4.25. The smallest absolute Gasteiger partial charge is 0.275 e. The molecule has 5 nitrogen and oxygen atoms in total. The van der Waals surface area contributed by atoms with Gasteiger partial charge in [-0.1, -0.05) is 42.5 Å². The quantitative estimate of drug-likeness (QED) is 0.544. The van der Waals surface area contributed by atoms with Gasteiger partial charge in [0.05, 0.1) is 6.33 Å². The van der Waals surface area contributed by atoms with Crippen molar-refractivity contribution in [3.63, 3.8) is 0 Å². The van der Waals surface area contributed by atoms with E-state index in [-0.39, 0.29) is 5.56 Å². The Morgan fingerprint density at radius 1 is 1.04 bits per heavy atom. The molecule has 114 valence electrons. The fraction of sp³-hybridized carbons (Fsp3) is 0.111. The van der Waals surface area contributed by atoms with Gasteiger partial charge in [0.2, 0.25) is 0 Å². The largest absolute Gasteiger partial charge is 0.385 e. The van der Waals surface area contributed by atoms with Crippen molar-refractivity contribution in [3.05, 3.63) is 70.3 Å². The molecule has 0 fully saturated rings. The molecule has 0 radical (unpaired) electrons. The van der Waals surface area contributed by atoms with Gasteiger partial charge in [-0.2, -0.15) is 0 Å². The third-order valence-electron chi connectivity index (χ3n) is 4.25. The Morgan fingerprint density at radius 3 is 2.78 bits per heavy atom. The first-order chi connectivity index (χ1) is 11.2. The lowest BCUT2D eigenvalue weighted by molar-refractivity contribution is 0.967. The standard InChI is InChI=1S/C18H16N4O/c19-17-14(15-16(18(23)22-17)21-10-20-15)9-8-12-6-3-5-11-4-1-2-7-13(11)12/h1-7,10H,8-9H2,(H,20,21)(H3,19,22,23). The summed E-state index contributed by atoms with van der Waals surface area (Å²) in [7, 11) is 0. The Bertz CT molecular complexity index is 1060. The van der Waals surface area contributed by atoms with Crippen LogP contribution in [0.3, 0.4) is 0 Å². The van der Waals surface area contributed by atoms with E-state index in [4.69, 9.17) is 5.73 Å². The van der Waals surface area contributed by atoms with Crippen molar-refractivity contribution in [1.29, 1.82) is 0 Å². The van der Waals surface area contributed by atoms with E-state index in [9.17, 15) is 4.79 Å². The average Bonchev–Trinajstić information content (AvgIpc) is 3.05. The maximum atomic E-state index is 11.9. The molecule has 0 aliphatic carbocycles. The number of imidazole rings is 1. The van der Waals surface area contributed by atoms with Crippen molar-refractivity contribution in [2.75, 3.05) is 5.73 Å². The van der Waals surface area contributed by atoms with Crippen molar-refractivity contribution in [2.45, 2.75) is 12.8 Å². The number of nitrogens with one attached hydrogen (secondary N) is 2. The molecule has 2 heterocycles. The molecule has 2 aromatic carbocycles. The molecule has 4 rings (SSSR count). The summed E-state index contributed by atoms with van der Waals surface area (Å²) in [5.74, 6) is 0.398. The first-order valence-corrected chi connectivity index (χ1v) is 7.54. The van der Waals surface area contributed by atoms with Gasteiger partial charge in [-0.25, -0.2) is 4.98 Å². The highest BCUT2D eigenvalue weighted by Crippen LogP contribution is 2.23. The molecule has 0 spiro atoms. The number of hydrogen-bond acceptors (Lipinski definition) is 3. The van der Waals surface area contributed by atoms with E-state index in [0.717, 1.165) is 18.4 Å². The van der Waals surface area contributed by atoms with Gasteiger partial charge in [0.25, 0.3) is 5.56 Å². The summed E-state index contributed by atoms with van der Waals surface area (Å²) < 4.78 is 0. The first kappa shape index (κ1) is 13.6. The van der Waals surface area contributed by atoms with E-state index >= 15 is 0 Å². The number of aromatic amines is 2. The normalized spacial score (nSPS) is 11.3. The van der Waals surface area contributed by atoms with Crippen LogP contribution in [0.15, 0.2) is 53.6 Å². The van der Waals surface area contributed by atoms with Crippen LogP contribution in [0.2, 0.25) is 0 Å². The molecule has 5 heteroatoms. The monoisotopic (exact) mass is 304 g/mol. The number of nitrogens with zero attached hydrogens (tertiary/aromatic N) is 1. The number of benzene rings is 2. The molecule has 0 aliphatic heterocycles. The molecule has 23 heavy (non-hydrogen) atoms. The van der Waals surface area contributed by atoms with Gasteiger partial charge in [0.15, 0.2) is 0 Å². The molecule has 0 atom stereocenters. The summed E-state index contributed by atoms with van der Waals surface area (Å²) in [5, 5.41) is 2.47. The molecule has 0 saturated carbocycles. The molecule has 4 aromatic rings. The lowest BCUT2D eigenvalue weighted by Gasteiger charge is -2.09. The van der Waals surface area contributed by atoms with Gasteiger partial charge in [-0.15, -0.1) is 0 Å². The van der Waals surface area contributed by atoms with E-state index in [0.29, 0.717) is 16.9 Å². The zero-order valence-corrected chi connectivity index (χ0v) is 12.5. The summed E-state index contributed by atoms with van der Waals surface area (Å²) in [5.41, 5.74) is 9.06. The van der Waals surface area contributed by atoms with Crippen molar-refractivity contribution in [1.82, 2.24) is 15.0 Å². The van der Waals surface area contributed by atoms with Crippen LogP contribution in [0.5, 0.6) is 0 Å². The summed E-state index contributed by atoms with van der Waals surface area (Å²) in [6, 6.07) is 14.6. The zero-order valence-electron chi connectivity index (χ0n) is 12.5. The summed E-state index contributed by atoms with van der Waals surface area (Å²) in [4.78, 5) is 21.7. The fourth-order valence-electron chi connectivity index (χ4n) is 3.11. The maximum absolute atomic E-state index is 11.9. The predicted octanol–water partition coefficient (Wildman–Crippen LogP) is 2.77. The third kappa shape index (κ3) is 2.26. The lowest BCUT2D eigenvalue weighted by atomic mass is 9.98. The number of pyridine rings is 1.